The fourth-order valence-electron chi connectivity index (χ4n) is 2.27. The van der Waals surface area contributed by atoms with E-state index in [4.69, 9.17) is 0 Å². The number of likely N-dealkylation sites (N-methyl/N-ethyl adjacent to an activating group) is 1. The predicted molar refractivity (Wildman–Crippen MR) is 101 cm³/mol. The molecule has 2 nitrogen and oxygen atoms in total. The van der Waals surface area contributed by atoms with Gasteiger partial charge in [0, 0.05) is 22.2 Å². The summed E-state index contributed by atoms with van der Waals surface area (Å²) >= 11 is 3.43. The predicted octanol–water partition coefficient (Wildman–Crippen LogP) is 4.68. The molecule has 3 heteroatoms. The summed E-state index contributed by atoms with van der Waals surface area (Å²) in [7, 11) is 3.86. The third kappa shape index (κ3) is 5.02. The minimum absolute atomic E-state index is 0.0205. The first-order valence-electron chi connectivity index (χ1n) is 7.37. The molecule has 118 valence electrons. The molecule has 0 atom stereocenters. The van der Waals surface area contributed by atoms with E-state index in [1.54, 1.807) is 0 Å². The SMILES string of the molecule is C=C(CN(C)C)C(=O)/C(=C/c1ccc(Br)cc1)c1ccccc1. The number of ketones is 1. The minimum atomic E-state index is -0.0205. The van der Waals surface area contributed by atoms with Crippen LogP contribution in [-0.4, -0.2) is 31.3 Å². The number of carbonyl (C=O) groups excluding carboxylic acids is 1. The Morgan fingerprint density at radius 1 is 1.09 bits per heavy atom. The highest BCUT2D eigenvalue weighted by Crippen LogP contribution is 2.23. The average Bonchev–Trinajstić information content (AvgIpc) is 2.54. The van der Waals surface area contributed by atoms with Crippen molar-refractivity contribution in [3.05, 3.63) is 82.3 Å². The van der Waals surface area contributed by atoms with Crippen LogP contribution in [0, 0.1) is 0 Å². The van der Waals surface area contributed by atoms with Gasteiger partial charge in [-0.1, -0.05) is 65.0 Å². The van der Waals surface area contributed by atoms with Crippen LogP contribution < -0.4 is 0 Å². The number of hydrogen-bond donors (Lipinski definition) is 0. The summed E-state index contributed by atoms with van der Waals surface area (Å²) in [6.45, 7) is 4.50. The molecule has 0 saturated carbocycles. The van der Waals surface area contributed by atoms with Crippen molar-refractivity contribution < 1.29 is 4.79 Å². The van der Waals surface area contributed by atoms with Crippen LogP contribution in [0.25, 0.3) is 11.6 Å². The van der Waals surface area contributed by atoms with Gasteiger partial charge in [-0.05, 0) is 43.4 Å². The molecule has 0 amide bonds. The quantitative estimate of drug-likeness (QED) is 0.544. The van der Waals surface area contributed by atoms with Gasteiger partial charge in [-0.15, -0.1) is 0 Å². The van der Waals surface area contributed by atoms with E-state index >= 15 is 0 Å². The Hall–Kier alpha value is -1.97. The van der Waals surface area contributed by atoms with Gasteiger partial charge in [0.05, 0.1) is 0 Å². The van der Waals surface area contributed by atoms with E-state index in [9.17, 15) is 4.79 Å². The Balaban J connectivity index is 2.42. The van der Waals surface area contributed by atoms with Crippen molar-refractivity contribution in [2.24, 2.45) is 0 Å². The Morgan fingerprint density at radius 3 is 2.26 bits per heavy atom. The van der Waals surface area contributed by atoms with Crippen LogP contribution in [0.4, 0.5) is 0 Å². The zero-order valence-corrected chi connectivity index (χ0v) is 15.0. The zero-order valence-electron chi connectivity index (χ0n) is 13.4. The number of allylic oxidation sites excluding steroid dienone is 1. The first-order valence-corrected chi connectivity index (χ1v) is 8.16. The molecule has 0 fully saturated rings. The Morgan fingerprint density at radius 2 is 1.70 bits per heavy atom. The molecule has 0 radical (unpaired) electrons. The Kier molecular flexibility index (Phi) is 6.08. The van der Waals surface area contributed by atoms with Gasteiger partial charge in [-0.2, -0.15) is 0 Å². The number of carbonyl (C=O) groups is 1. The van der Waals surface area contributed by atoms with Crippen LogP contribution in [0.1, 0.15) is 11.1 Å². The molecule has 0 aliphatic carbocycles. The number of nitrogens with zero attached hydrogens (tertiary/aromatic N) is 1. The van der Waals surface area contributed by atoms with Crippen LogP contribution in [-0.2, 0) is 4.79 Å². The maximum atomic E-state index is 12.8. The molecule has 2 rings (SSSR count). The molecule has 0 N–H and O–H groups in total. The van der Waals surface area contributed by atoms with Crippen molar-refractivity contribution in [2.45, 2.75) is 0 Å². The maximum absolute atomic E-state index is 12.8. The van der Waals surface area contributed by atoms with Crippen molar-refractivity contribution in [3.8, 4) is 0 Å². The number of hydrogen-bond acceptors (Lipinski definition) is 2. The van der Waals surface area contributed by atoms with E-state index in [1.807, 2.05) is 79.7 Å². The minimum Gasteiger partial charge on any atom is -0.305 e. The standard InChI is InChI=1S/C20H20BrNO/c1-15(14-22(2)3)20(23)19(17-7-5-4-6-8-17)13-16-9-11-18(21)12-10-16/h4-13H,1,14H2,2-3H3/b19-13+. The lowest BCUT2D eigenvalue weighted by molar-refractivity contribution is -0.110. The third-order valence-corrected chi connectivity index (χ3v) is 3.87. The molecule has 0 unspecified atom stereocenters. The van der Waals surface area contributed by atoms with Crippen molar-refractivity contribution in [3.63, 3.8) is 0 Å². The van der Waals surface area contributed by atoms with E-state index < -0.39 is 0 Å². The smallest absolute Gasteiger partial charge is 0.190 e. The van der Waals surface area contributed by atoms with Gasteiger partial charge in [0.25, 0.3) is 0 Å². The summed E-state index contributed by atoms with van der Waals surface area (Å²) in [5.41, 5.74) is 3.14. The fourth-order valence-corrected chi connectivity index (χ4v) is 2.53. The van der Waals surface area contributed by atoms with Gasteiger partial charge in [0.2, 0.25) is 0 Å². The third-order valence-electron chi connectivity index (χ3n) is 3.34. The molecular formula is C20H20BrNO. The second kappa shape index (κ2) is 8.04. The first-order chi connectivity index (χ1) is 11.0. The number of Topliss-reactive ketones (excluding diaryl/α,β-unsaturated/α-hetero) is 1. The van der Waals surface area contributed by atoms with Gasteiger partial charge >= 0.3 is 0 Å². The van der Waals surface area contributed by atoms with Crippen LogP contribution in [0.5, 0.6) is 0 Å². The lowest BCUT2D eigenvalue weighted by atomic mass is 9.95. The highest BCUT2D eigenvalue weighted by Gasteiger charge is 2.16. The lowest BCUT2D eigenvalue weighted by Gasteiger charge is -2.14. The van der Waals surface area contributed by atoms with Crippen LogP contribution in [0.15, 0.2) is 71.2 Å². The highest BCUT2D eigenvalue weighted by molar-refractivity contribution is 9.10. The summed E-state index contributed by atoms with van der Waals surface area (Å²) in [5, 5.41) is 0. The van der Waals surface area contributed by atoms with E-state index in [0.29, 0.717) is 17.7 Å². The van der Waals surface area contributed by atoms with E-state index in [2.05, 4.69) is 22.5 Å². The Labute approximate surface area is 146 Å². The molecule has 0 spiro atoms. The monoisotopic (exact) mass is 369 g/mol. The van der Waals surface area contributed by atoms with Gasteiger partial charge in [0.1, 0.15) is 0 Å². The lowest BCUT2D eigenvalue weighted by Crippen LogP contribution is -2.19. The summed E-state index contributed by atoms with van der Waals surface area (Å²) in [5.74, 6) is -0.0205. The zero-order chi connectivity index (χ0) is 16.8. The van der Waals surface area contributed by atoms with Gasteiger partial charge in [-0.3, -0.25) is 4.79 Å². The molecule has 0 aromatic heterocycles. The van der Waals surface area contributed by atoms with Crippen molar-refractivity contribution in [1.29, 1.82) is 0 Å². The molecular weight excluding hydrogens is 350 g/mol. The number of rotatable bonds is 6. The fraction of sp³-hybridized carbons (Fsp3) is 0.150. The molecule has 0 aliphatic heterocycles. The number of benzene rings is 2. The summed E-state index contributed by atoms with van der Waals surface area (Å²) in [6, 6.07) is 17.6. The topological polar surface area (TPSA) is 20.3 Å². The van der Waals surface area contributed by atoms with Crippen LogP contribution in [0.3, 0.4) is 0 Å². The van der Waals surface area contributed by atoms with Gasteiger partial charge < -0.3 is 4.90 Å². The molecule has 0 aliphatic rings. The van der Waals surface area contributed by atoms with Gasteiger partial charge in [0.15, 0.2) is 5.78 Å². The average molecular weight is 370 g/mol. The largest absolute Gasteiger partial charge is 0.305 e. The molecule has 0 heterocycles. The first kappa shape index (κ1) is 17.4. The van der Waals surface area contributed by atoms with Crippen molar-refractivity contribution in [2.75, 3.05) is 20.6 Å². The van der Waals surface area contributed by atoms with Crippen LogP contribution >= 0.6 is 15.9 Å². The molecule has 2 aromatic rings. The van der Waals surface area contributed by atoms with E-state index in [1.165, 1.54) is 0 Å². The molecule has 0 bridgehead atoms. The van der Waals surface area contributed by atoms with Crippen LogP contribution in [0.2, 0.25) is 0 Å². The normalized spacial score (nSPS) is 11.6. The highest BCUT2D eigenvalue weighted by atomic mass is 79.9. The van der Waals surface area contributed by atoms with E-state index in [0.717, 1.165) is 15.6 Å². The van der Waals surface area contributed by atoms with E-state index in [-0.39, 0.29) is 5.78 Å². The molecule has 2 aromatic carbocycles. The Bertz CT molecular complexity index is 715. The summed E-state index contributed by atoms with van der Waals surface area (Å²) in [6.07, 6.45) is 1.92. The molecule has 23 heavy (non-hydrogen) atoms. The van der Waals surface area contributed by atoms with Gasteiger partial charge in [-0.25, -0.2) is 0 Å². The summed E-state index contributed by atoms with van der Waals surface area (Å²) in [4.78, 5) is 14.8. The second-order valence-electron chi connectivity index (χ2n) is 5.65. The van der Waals surface area contributed by atoms with Crippen molar-refractivity contribution >= 4 is 33.4 Å². The summed E-state index contributed by atoms with van der Waals surface area (Å²) < 4.78 is 1.01. The maximum Gasteiger partial charge on any atom is 0.190 e. The second-order valence-corrected chi connectivity index (χ2v) is 6.56. The van der Waals surface area contributed by atoms with Crippen molar-refractivity contribution in [1.82, 2.24) is 4.90 Å². The number of halogens is 1. The molecule has 0 saturated heterocycles.